The molecule has 3 aromatic heterocycles. The Hall–Kier alpha value is -5.52. The van der Waals surface area contributed by atoms with Gasteiger partial charge in [-0.25, -0.2) is 9.97 Å². The van der Waals surface area contributed by atoms with Gasteiger partial charge in [0.05, 0.1) is 51.2 Å². The Morgan fingerprint density at radius 2 is 0.827 bits per heavy atom. The first-order valence-electron chi connectivity index (χ1n) is 17.3. The second-order valence-electron chi connectivity index (χ2n) is 13.0. The highest BCUT2D eigenvalue weighted by molar-refractivity contribution is 5.96. The van der Waals surface area contributed by atoms with Gasteiger partial charge in [-0.2, -0.15) is 0 Å². The number of methoxy groups -OCH3 is 4. The van der Waals surface area contributed by atoms with Gasteiger partial charge in [0, 0.05) is 47.8 Å². The number of allylic oxidation sites excluding steroid dienone is 4. The minimum atomic E-state index is -0.319. The highest BCUT2D eigenvalue weighted by Crippen LogP contribution is 2.38. The van der Waals surface area contributed by atoms with E-state index in [1.165, 1.54) is 28.4 Å². The van der Waals surface area contributed by atoms with Crippen molar-refractivity contribution in [1.82, 2.24) is 19.9 Å². The molecule has 0 radical (unpaired) electrons. The van der Waals surface area contributed by atoms with Crippen LogP contribution >= 0.6 is 0 Å². The largest absolute Gasteiger partial charge is 0.469 e. The Morgan fingerprint density at radius 3 is 1.17 bits per heavy atom. The summed E-state index contributed by atoms with van der Waals surface area (Å²) in [7, 11) is 5.50. The maximum atomic E-state index is 12.3. The summed E-state index contributed by atoms with van der Waals surface area (Å²) in [5.74, 6) is -1.28. The van der Waals surface area contributed by atoms with Gasteiger partial charge in [0.2, 0.25) is 0 Å². The highest BCUT2D eigenvalue weighted by atomic mass is 16.5. The van der Waals surface area contributed by atoms with Crippen LogP contribution in [0.2, 0.25) is 0 Å². The molecule has 3 aromatic rings. The molecule has 5 rings (SSSR count). The molecule has 0 spiro atoms. The van der Waals surface area contributed by atoms with E-state index >= 15 is 0 Å². The zero-order chi connectivity index (χ0) is 37.7. The smallest absolute Gasteiger partial charge is 0.305 e. The first-order chi connectivity index (χ1) is 24.9. The molecule has 2 aliphatic rings. The fourth-order valence-electron chi connectivity index (χ4n) is 6.81. The molecule has 0 amide bonds. The first kappa shape index (κ1) is 37.7. The number of aryl methyl sites for hydroxylation is 4. The number of carbonyl (C=O) groups is 4. The lowest BCUT2D eigenvalue weighted by Crippen LogP contribution is -2.02. The van der Waals surface area contributed by atoms with Gasteiger partial charge >= 0.3 is 23.9 Å². The summed E-state index contributed by atoms with van der Waals surface area (Å²) in [4.78, 5) is 66.5. The predicted octanol–water partition coefficient (Wildman–Crippen LogP) is 6.91. The second kappa shape index (κ2) is 16.2. The van der Waals surface area contributed by atoms with Crippen LogP contribution in [0.5, 0.6) is 0 Å². The summed E-state index contributed by atoms with van der Waals surface area (Å²) in [6.45, 7) is 7.98. The fourth-order valence-corrected chi connectivity index (χ4v) is 6.81. The number of H-pyrrole nitrogens is 2. The normalized spacial score (nSPS) is 12.6. The number of carbonyl (C=O) groups excluding carboxylic acids is 4. The number of ether oxygens (including phenoxy) is 4. The van der Waals surface area contributed by atoms with E-state index in [0.717, 1.165) is 78.0 Å². The van der Waals surface area contributed by atoms with Gasteiger partial charge in [0.25, 0.3) is 0 Å². The van der Waals surface area contributed by atoms with Crippen molar-refractivity contribution >= 4 is 68.2 Å². The predicted molar refractivity (Wildman–Crippen MR) is 199 cm³/mol. The van der Waals surface area contributed by atoms with Crippen LogP contribution in [-0.4, -0.2) is 72.3 Å². The second-order valence-corrected chi connectivity index (χ2v) is 13.0. The molecule has 12 heteroatoms. The Balaban J connectivity index is 1.88. The van der Waals surface area contributed by atoms with Crippen LogP contribution in [0.25, 0.3) is 44.4 Å². The van der Waals surface area contributed by atoms with Crippen molar-refractivity contribution in [2.24, 2.45) is 0 Å². The number of nitrogens with one attached hydrogen (secondary N) is 2. The molecule has 2 N–H and O–H groups in total. The van der Waals surface area contributed by atoms with Gasteiger partial charge in [-0.15, -0.1) is 0 Å². The van der Waals surface area contributed by atoms with E-state index in [1.807, 2.05) is 52.0 Å². The Kier molecular flexibility index (Phi) is 11.8. The molecule has 0 saturated carbocycles. The van der Waals surface area contributed by atoms with E-state index in [0.29, 0.717) is 37.1 Å². The molecule has 5 heterocycles. The van der Waals surface area contributed by atoms with E-state index < -0.39 is 0 Å². The van der Waals surface area contributed by atoms with Crippen molar-refractivity contribution in [3.05, 3.63) is 69.3 Å². The third-order valence-electron chi connectivity index (χ3n) is 10.0. The topological polar surface area (TPSA) is 163 Å². The quantitative estimate of drug-likeness (QED) is 0.149. The molecule has 0 unspecified atom stereocenters. The molecule has 0 saturated heterocycles. The number of nitrogens with zero attached hydrogens (tertiary/aromatic N) is 2. The van der Waals surface area contributed by atoms with E-state index in [-0.39, 0.29) is 49.6 Å². The standard InChI is InChI=1S/C40H46N4O8/c1-21-25(9-13-37(45)49-5)33-18-31-23(3)27(11-15-39(47)51-7)35(43-31)20-36-28(12-16-40(48)52-8)24(4)32(44-36)19-34-26(10-14-38(46)50-6)22(2)30(42-34)17-29(21)41-33/h17-20,43-44H,9-16H2,1-8H3. The minimum Gasteiger partial charge on any atom is -0.469 e. The molecule has 12 nitrogen and oxygen atoms in total. The van der Waals surface area contributed by atoms with Crippen LogP contribution in [-0.2, 0) is 51.0 Å². The van der Waals surface area contributed by atoms with Crippen LogP contribution in [0.3, 0.4) is 0 Å². The molecule has 8 bridgehead atoms. The maximum Gasteiger partial charge on any atom is 0.305 e. The fraction of sp³-hybridized carbons (Fsp3) is 0.400. The monoisotopic (exact) mass is 710 g/mol. The molecular weight excluding hydrogens is 664 g/mol. The van der Waals surface area contributed by atoms with Crippen LogP contribution < -0.4 is 0 Å². The minimum absolute atomic E-state index is 0.184. The van der Waals surface area contributed by atoms with Crippen molar-refractivity contribution < 1.29 is 38.1 Å². The van der Waals surface area contributed by atoms with Gasteiger partial charge in [0.15, 0.2) is 0 Å². The maximum absolute atomic E-state index is 12.3. The summed E-state index contributed by atoms with van der Waals surface area (Å²) in [5.41, 5.74) is 13.5. The lowest BCUT2D eigenvalue weighted by Gasteiger charge is -2.04. The number of aromatic nitrogens is 4. The first-order valence-corrected chi connectivity index (χ1v) is 17.3. The third kappa shape index (κ3) is 8.01. The average Bonchev–Trinajstić information content (AvgIpc) is 3.80. The third-order valence-corrected chi connectivity index (χ3v) is 10.0. The number of hydrogen-bond acceptors (Lipinski definition) is 10. The Bertz CT molecular complexity index is 2020. The lowest BCUT2D eigenvalue weighted by molar-refractivity contribution is -0.141. The van der Waals surface area contributed by atoms with Crippen molar-refractivity contribution in [2.45, 2.75) is 79.1 Å². The number of esters is 4. The van der Waals surface area contributed by atoms with Crippen molar-refractivity contribution in [3.8, 4) is 0 Å². The molecule has 52 heavy (non-hydrogen) atoms. The number of hydrogen-bond donors (Lipinski definition) is 2. The summed E-state index contributed by atoms with van der Waals surface area (Å²) in [5, 5.41) is 0. The van der Waals surface area contributed by atoms with Crippen LogP contribution in [0.15, 0.2) is 24.3 Å². The zero-order valence-electron chi connectivity index (χ0n) is 31.1. The van der Waals surface area contributed by atoms with E-state index in [2.05, 4.69) is 9.97 Å². The van der Waals surface area contributed by atoms with Crippen LogP contribution in [0, 0.1) is 13.8 Å². The Morgan fingerprint density at radius 1 is 0.481 bits per heavy atom. The summed E-state index contributed by atoms with van der Waals surface area (Å²) < 4.78 is 19.9. The molecule has 0 aliphatic carbocycles. The molecule has 0 fully saturated rings. The summed E-state index contributed by atoms with van der Waals surface area (Å²) in [6.07, 6.45) is 2.43. The molecule has 2 aliphatic heterocycles. The van der Waals surface area contributed by atoms with Gasteiger partial charge in [-0.3, -0.25) is 19.2 Å². The molecule has 0 atom stereocenters. The number of fused-ring (bicyclic) bond motifs is 8. The molecule has 274 valence electrons. The number of aromatic amines is 2. The van der Waals surface area contributed by atoms with Gasteiger partial charge in [-0.05, 0) is 122 Å². The molecular formula is C40H46N4O8. The molecule has 0 aromatic carbocycles. The lowest BCUT2D eigenvalue weighted by atomic mass is 9.99. The van der Waals surface area contributed by atoms with E-state index in [1.54, 1.807) is 0 Å². The Labute approximate surface area is 302 Å². The summed E-state index contributed by atoms with van der Waals surface area (Å²) >= 11 is 0. The highest BCUT2D eigenvalue weighted by Gasteiger charge is 2.23. The van der Waals surface area contributed by atoms with E-state index in [9.17, 15) is 19.2 Å². The van der Waals surface area contributed by atoms with Crippen molar-refractivity contribution in [3.63, 3.8) is 0 Å². The zero-order valence-corrected chi connectivity index (χ0v) is 31.1. The van der Waals surface area contributed by atoms with Gasteiger partial charge in [0.1, 0.15) is 0 Å². The van der Waals surface area contributed by atoms with Crippen molar-refractivity contribution in [2.75, 3.05) is 28.4 Å². The van der Waals surface area contributed by atoms with Crippen LogP contribution in [0.1, 0.15) is 97.4 Å². The van der Waals surface area contributed by atoms with Gasteiger partial charge in [-0.1, -0.05) is 0 Å². The summed E-state index contributed by atoms with van der Waals surface area (Å²) in [6, 6.07) is 7.92. The SMILES string of the molecule is COC(=O)CCC1=C(C)c2cc3nc(cc4[nH]c(cc5[nH]c(cc1n2)c(C)c5CCC(=O)OC)c(CCC(=O)OC)c4C)C(CCC(=O)OC)=C3C. The average molecular weight is 711 g/mol. The van der Waals surface area contributed by atoms with Gasteiger partial charge < -0.3 is 28.9 Å². The van der Waals surface area contributed by atoms with E-state index in [4.69, 9.17) is 28.9 Å². The van der Waals surface area contributed by atoms with Crippen molar-refractivity contribution in [1.29, 1.82) is 0 Å². The number of rotatable bonds is 12. The van der Waals surface area contributed by atoms with Crippen LogP contribution in [0.4, 0.5) is 0 Å².